The van der Waals surface area contributed by atoms with Gasteiger partial charge in [-0.2, -0.15) is 0 Å². The Morgan fingerprint density at radius 2 is 1.83 bits per heavy atom. The summed E-state index contributed by atoms with van der Waals surface area (Å²) in [5, 5.41) is 10.6. The van der Waals surface area contributed by atoms with Gasteiger partial charge in [0.25, 0.3) is 0 Å². The number of aromatic nitrogens is 4. The average molecular weight is 424 g/mol. The van der Waals surface area contributed by atoms with Crippen LogP contribution in [0.15, 0.2) is 42.5 Å². The Kier molecular flexibility index (Phi) is 4.72. The molecule has 0 radical (unpaired) electrons. The largest absolute Gasteiger partial charge is 0.496 e. The molecule has 0 aliphatic carbocycles. The first-order valence-electron chi connectivity index (χ1n) is 9.93. The van der Waals surface area contributed by atoms with Crippen molar-refractivity contribution in [1.82, 2.24) is 19.6 Å². The van der Waals surface area contributed by atoms with E-state index >= 15 is 0 Å². The maximum Gasteiger partial charge on any atom is 0.213 e. The van der Waals surface area contributed by atoms with E-state index in [0.29, 0.717) is 10.8 Å². The molecule has 8 heteroatoms. The minimum Gasteiger partial charge on any atom is -0.496 e. The lowest BCUT2D eigenvalue weighted by molar-refractivity contribution is -0.00576. The Labute approximate surface area is 179 Å². The van der Waals surface area contributed by atoms with Crippen molar-refractivity contribution in [1.29, 1.82) is 0 Å². The summed E-state index contributed by atoms with van der Waals surface area (Å²) in [6.07, 6.45) is 0.179. The molecule has 7 nitrogen and oxygen atoms in total. The van der Waals surface area contributed by atoms with Crippen LogP contribution in [0.1, 0.15) is 13.8 Å². The van der Waals surface area contributed by atoms with E-state index in [4.69, 9.17) is 26.1 Å². The van der Waals surface area contributed by atoms with E-state index < -0.39 is 0 Å². The molecule has 2 aromatic carbocycles. The highest BCUT2D eigenvalue weighted by Crippen LogP contribution is 2.34. The molecule has 30 heavy (non-hydrogen) atoms. The quantitative estimate of drug-likeness (QED) is 0.491. The number of nitrogens with zero attached hydrogens (tertiary/aromatic N) is 5. The second-order valence-electron chi connectivity index (χ2n) is 7.62. The second-order valence-corrected chi connectivity index (χ2v) is 8.05. The fourth-order valence-corrected chi connectivity index (χ4v) is 4.32. The van der Waals surface area contributed by atoms with Crippen LogP contribution in [-0.2, 0) is 4.74 Å². The molecule has 2 atom stereocenters. The van der Waals surface area contributed by atoms with Crippen LogP contribution < -0.4 is 9.64 Å². The molecule has 3 heterocycles. The van der Waals surface area contributed by atoms with E-state index in [9.17, 15) is 0 Å². The van der Waals surface area contributed by atoms with Crippen molar-refractivity contribution in [2.45, 2.75) is 26.1 Å². The van der Waals surface area contributed by atoms with E-state index in [2.05, 4.69) is 28.9 Å². The van der Waals surface area contributed by atoms with Crippen LogP contribution in [0, 0.1) is 0 Å². The molecule has 1 fully saturated rings. The van der Waals surface area contributed by atoms with Gasteiger partial charge < -0.3 is 14.4 Å². The van der Waals surface area contributed by atoms with Crippen molar-refractivity contribution in [2.24, 2.45) is 0 Å². The molecule has 1 aliphatic heterocycles. The molecule has 5 rings (SSSR count). The van der Waals surface area contributed by atoms with Crippen molar-refractivity contribution >= 4 is 34.1 Å². The Hall–Kier alpha value is -2.90. The summed E-state index contributed by atoms with van der Waals surface area (Å²) in [6.45, 7) is 5.60. The summed E-state index contributed by atoms with van der Waals surface area (Å²) in [6, 6.07) is 13.5. The van der Waals surface area contributed by atoms with Crippen LogP contribution in [0.25, 0.3) is 27.9 Å². The van der Waals surface area contributed by atoms with Gasteiger partial charge >= 0.3 is 0 Å². The van der Waals surface area contributed by atoms with Crippen molar-refractivity contribution in [2.75, 3.05) is 25.1 Å². The predicted octanol–water partition coefficient (Wildman–Crippen LogP) is 4.22. The third-order valence-electron chi connectivity index (χ3n) is 5.33. The lowest BCUT2D eigenvalue weighted by atomic mass is 10.2. The lowest BCUT2D eigenvalue weighted by Gasteiger charge is -2.36. The molecule has 0 saturated carbocycles. The summed E-state index contributed by atoms with van der Waals surface area (Å²) in [7, 11) is 1.66. The molecule has 0 bridgehead atoms. The summed E-state index contributed by atoms with van der Waals surface area (Å²) >= 11 is 6.26. The molecule has 2 unspecified atom stereocenters. The maximum absolute atomic E-state index is 6.26. The Balaban J connectivity index is 1.82. The number of ether oxygens (including phenoxy) is 2. The first kappa shape index (κ1) is 19.1. The van der Waals surface area contributed by atoms with E-state index in [1.165, 1.54) is 0 Å². The van der Waals surface area contributed by atoms with E-state index in [0.717, 1.165) is 46.9 Å². The fraction of sp³-hybridized carbons (Fsp3) is 0.318. The zero-order chi connectivity index (χ0) is 20.8. The lowest BCUT2D eigenvalue weighted by Crippen LogP contribution is -2.46. The standard InChI is InChI=1S/C22H22ClN5O2/c1-13-11-27(12-14(2)30-13)22-24-18-10-15(23)8-9-16(18)20-25-26-21(28(20)22)17-6-4-5-7-19(17)29-3/h4-10,13-14H,11-12H2,1-3H3. The van der Waals surface area contributed by atoms with Crippen molar-refractivity contribution in [3.63, 3.8) is 0 Å². The molecular formula is C22H22ClN5O2. The smallest absolute Gasteiger partial charge is 0.213 e. The summed E-state index contributed by atoms with van der Waals surface area (Å²) in [5.74, 6) is 2.19. The third kappa shape index (κ3) is 3.14. The first-order valence-corrected chi connectivity index (χ1v) is 10.3. The molecular weight excluding hydrogens is 402 g/mol. The molecule has 0 spiro atoms. The van der Waals surface area contributed by atoms with Crippen molar-refractivity contribution in [3.8, 4) is 17.1 Å². The van der Waals surface area contributed by atoms with Gasteiger partial charge in [0.2, 0.25) is 5.95 Å². The summed E-state index contributed by atoms with van der Waals surface area (Å²) in [4.78, 5) is 7.23. The Morgan fingerprint density at radius 1 is 1.07 bits per heavy atom. The monoisotopic (exact) mass is 423 g/mol. The number of methoxy groups -OCH3 is 1. The predicted molar refractivity (Wildman–Crippen MR) is 118 cm³/mol. The highest BCUT2D eigenvalue weighted by atomic mass is 35.5. The van der Waals surface area contributed by atoms with Crippen LogP contribution in [-0.4, -0.2) is 52.0 Å². The molecule has 1 aliphatic rings. The molecule has 0 amide bonds. The van der Waals surface area contributed by atoms with Crippen LogP contribution in [0.4, 0.5) is 5.95 Å². The van der Waals surface area contributed by atoms with Gasteiger partial charge in [-0.15, -0.1) is 10.2 Å². The summed E-state index contributed by atoms with van der Waals surface area (Å²) < 4.78 is 13.5. The number of hydrogen-bond donors (Lipinski definition) is 0. The topological polar surface area (TPSA) is 64.8 Å². The van der Waals surface area contributed by atoms with Gasteiger partial charge in [-0.1, -0.05) is 23.7 Å². The molecule has 0 N–H and O–H groups in total. The first-order chi connectivity index (χ1) is 14.5. The molecule has 154 valence electrons. The number of rotatable bonds is 3. The molecule has 4 aromatic rings. The van der Waals surface area contributed by atoms with Crippen molar-refractivity contribution < 1.29 is 9.47 Å². The van der Waals surface area contributed by atoms with E-state index in [1.807, 2.05) is 46.9 Å². The van der Waals surface area contributed by atoms with Gasteiger partial charge in [0.1, 0.15) is 5.75 Å². The highest BCUT2D eigenvalue weighted by molar-refractivity contribution is 6.31. The highest BCUT2D eigenvalue weighted by Gasteiger charge is 2.28. The SMILES string of the molecule is COc1ccccc1-c1nnc2c3ccc(Cl)cc3nc(N3CC(C)OC(C)C3)n12. The Bertz CT molecular complexity index is 1230. The van der Waals surface area contributed by atoms with Crippen LogP contribution in [0.2, 0.25) is 5.02 Å². The number of morpholine rings is 1. The number of anilines is 1. The van der Waals surface area contributed by atoms with Gasteiger partial charge in [0.15, 0.2) is 11.5 Å². The normalized spacial score (nSPS) is 19.5. The number of halogens is 1. The number of fused-ring (bicyclic) bond motifs is 3. The zero-order valence-corrected chi connectivity index (χ0v) is 17.8. The molecule has 2 aromatic heterocycles. The van der Waals surface area contributed by atoms with E-state index in [1.54, 1.807) is 7.11 Å². The number of para-hydroxylation sites is 1. The Morgan fingerprint density at radius 3 is 2.60 bits per heavy atom. The minimum atomic E-state index is 0.0897. The number of benzene rings is 2. The van der Waals surface area contributed by atoms with Gasteiger partial charge in [0, 0.05) is 23.5 Å². The van der Waals surface area contributed by atoms with Crippen LogP contribution in [0.5, 0.6) is 5.75 Å². The van der Waals surface area contributed by atoms with Gasteiger partial charge in [-0.05, 0) is 44.2 Å². The van der Waals surface area contributed by atoms with Gasteiger partial charge in [0.05, 0.1) is 30.4 Å². The molecule has 1 saturated heterocycles. The zero-order valence-electron chi connectivity index (χ0n) is 17.0. The summed E-state index contributed by atoms with van der Waals surface area (Å²) in [5.41, 5.74) is 2.38. The van der Waals surface area contributed by atoms with Crippen LogP contribution >= 0.6 is 11.6 Å². The van der Waals surface area contributed by atoms with E-state index in [-0.39, 0.29) is 12.2 Å². The maximum atomic E-state index is 6.26. The fourth-order valence-electron chi connectivity index (χ4n) is 4.15. The average Bonchev–Trinajstić information content (AvgIpc) is 3.17. The number of hydrogen-bond acceptors (Lipinski definition) is 6. The minimum absolute atomic E-state index is 0.0897. The third-order valence-corrected chi connectivity index (χ3v) is 5.57. The van der Waals surface area contributed by atoms with Gasteiger partial charge in [-0.25, -0.2) is 9.38 Å². The second kappa shape index (κ2) is 7.41. The van der Waals surface area contributed by atoms with Crippen LogP contribution in [0.3, 0.4) is 0 Å². The van der Waals surface area contributed by atoms with Gasteiger partial charge in [-0.3, -0.25) is 0 Å². The van der Waals surface area contributed by atoms with Crippen molar-refractivity contribution in [3.05, 3.63) is 47.5 Å².